The number of fused-ring (bicyclic) bond motifs is 1. The number of hydrogen-bond donors (Lipinski definition) is 3. The summed E-state index contributed by atoms with van der Waals surface area (Å²) in [5.41, 5.74) is 2.04. The highest BCUT2D eigenvalue weighted by Gasteiger charge is 2.17. The topological polar surface area (TPSA) is 79.2 Å². The smallest absolute Gasteiger partial charge is 0.255 e. The van der Waals surface area contributed by atoms with Crippen LogP contribution in [0.1, 0.15) is 17.3 Å². The Kier molecular flexibility index (Phi) is 6.47. The van der Waals surface area contributed by atoms with Gasteiger partial charge < -0.3 is 20.3 Å². The number of hydrogen-bond acceptors (Lipinski definition) is 4. The van der Waals surface area contributed by atoms with E-state index in [-0.39, 0.29) is 24.9 Å². The third-order valence-corrected chi connectivity index (χ3v) is 4.03. The van der Waals surface area contributed by atoms with Gasteiger partial charge in [-0.2, -0.15) is 0 Å². The number of pyridine rings is 1. The summed E-state index contributed by atoms with van der Waals surface area (Å²) in [6.45, 7) is 1.81. The van der Waals surface area contributed by atoms with Crippen LogP contribution < -0.4 is 10.6 Å². The van der Waals surface area contributed by atoms with Gasteiger partial charge in [-0.25, -0.2) is 4.98 Å². The van der Waals surface area contributed by atoms with Crippen LogP contribution in [0.2, 0.25) is 5.02 Å². The maximum Gasteiger partial charge on any atom is 0.255 e. The van der Waals surface area contributed by atoms with Crippen molar-refractivity contribution in [2.75, 3.05) is 11.9 Å². The molecule has 3 N–H and O–H groups in total. The SMILES string of the molecule is C[C@H](O)CNC(=O)c1cnc(Nc2cccc(Cl)c2)c2ccn(C)c12.Cl. The van der Waals surface area contributed by atoms with Crippen LogP contribution in [0, 0.1) is 0 Å². The molecule has 138 valence electrons. The fourth-order valence-corrected chi connectivity index (χ4v) is 2.81. The van der Waals surface area contributed by atoms with Crippen molar-refractivity contribution in [2.45, 2.75) is 13.0 Å². The molecular weight excluding hydrogens is 375 g/mol. The second kappa shape index (κ2) is 8.40. The summed E-state index contributed by atoms with van der Waals surface area (Å²) < 4.78 is 1.87. The normalized spacial score (nSPS) is 11.7. The lowest BCUT2D eigenvalue weighted by molar-refractivity contribution is 0.0925. The number of rotatable bonds is 5. The molecule has 0 aliphatic rings. The number of aryl methyl sites for hydroxylation is 1. The highest BCUT2D eigenvalue weighted by Crippen LogP contribution is 2.28. The molecule has 0 saturated carbocycles. The number of carbonyl (C=O) groups is 1. The minimum Gasteiger partial charge on any atom is -0.392 e. The molecule has 0 spiro atoms. The van der Waals surface area contributed by atoms with Crippen molar-refractivity contribution in [1.29, 1.82) is 0 Å². The highest BCUT2D eigenvalue weighted by atomic mass is 35.5. The van der Waals surface area contributed by atoms with Gasteiger partial charge in [-0.3, -0.25) is 4.79 Å². The molecule has 0 fully saturated rings. The zero-order chi connectivity index (χ0) is 18.0. The first-order valence-corrected chi connectivity index (χ1v) is 8.26. The molecule has 0 aliphatic heterocycles. The molecule has 26 heavy (non-hydrogen) atoms. The van der Waals surface area contributed by atoms with Crippen molar-refractivity contribution in [2.24, 2.45) is 7.05 Å². The Morgan fingerprint density at radius 2 is 2.15 bits per heavy atom. The summed E-state index contributed by atoms with van der Waals surface area (Å²) in [7, 11) is 1.87. The van der Waals surface area contributed by atoms with E-state index in [1.165, 1.54) is 6.20 Å². The molecule has 0 aliphatic carbocycles. The Labute approximate surface area is 162 Å². The van der Waals surface area contributed by atoms with E-state index in [1.807, 2.05) is 36.0 Å². The lowest BCUT2D eigenvalue weighted by Crippen LogP contribution is -2.31. The van der Waals surface area contributed by atoms with E-state index >= 15 is 0 Å². The Morgan fingerprint density at radius 3 is 2.85 bits per heavy atom. The van der Waals surface area contributed by atoms with E-state index in [0.29, 0.717) is 16.4 Å². The quantitative estimate of drug-likeness (QED) is 0.618. The zero-order valence-electron chi connectivity index (χ0n) is 14.4. The number of benzene rings is 1. The van der Waals surface area contributed by atoms with Crippen LogP contribution in [0.25, 0.3) is 10.9 Å². The van der Waals surface area contributed by atoms with E-state index in [9.17, 15) is 9.90 Å². The van der Waals surface area contributed by atoms with Gasteiger partial charge in [0.15, 0.2) is 0 Å². The van der Waals surface area contributed by atoms with Gasteiger partial charge in [-0.15, -0.1) is 12.4 Å². The Morgan fingerprint density at radius 1 is 1.38 bits per heavy atom. The minimum atomic E-state index is -0.607. The molecule has 1 amide bonds. The van der Waals surface area contributed by atoms with Gasteiger partial charge in [0.05, 0.1) is 17.2 Å². The Bertz CT molecular complexity index is 925. The largest absolute Gasteiger partial charge is 0.392 e. The number of halogens is 2. The van der Waals surface area contributed by atoms with Gasteiger partial charge in [0, 0.05) is 42.1 Å². The second-order valence-electron chi connectivity index (χ2n) is 5.90. The van der Waals surface area contributed by atoms with Crippen molar-refractivity contribution in [1.82, 2.24) is 14.9 Å². The maximum atomic E-state index is 12.4. The third-order valence-electron chi connectivity index (χ3n) is 3.80. The predicted octanol–water partition coefficient (Wildman–Crippen LogP) is 3.50. The summed E-state index contributed by atoms with van der Waals surface area (Å²) in [5.74, 6) is 0.374. The molecule has 0 unspecified atom stereocenters. The molecule has 3 aromatic rings. The van der Waals surface area contributed by atoms with E-state index in [0.717, 1.165) is 16.6 Å². The molecule has 0 saturated heterocycles. The molecule has 2 heterocycles. The predicted molar refractivity (Wildman–Crippen MR) is 107 cm³/mol. The standard InChI is InChI=1S/C18H19ClN4O2.ClH/c1-11(24)9-21-18(25)15-10-20-17(14-6-7-23(2)16(14)15)22-13-5-3-4-12(19)8-13;/h3-8,10-11,24H,9H2,1-2H3,(H,20,22)(H,21,25);1H/t11-;/m0./s1. The van der Waals surface area contributed by atoms with Crippen LogP contribution in [-0.2, 0) is 7.05 Å². The molecule has 2 aromatic heterocycles. The average Bonchev–Trinajstić information content (AvgIpc) is 2.96. The van der Waals surface area contributed by atoms with Crippen LogP contribution in [0.4, 0.5) is 11.5 Å². The van der Waals surface area contributed by atoms with E-state index in [2.05, 4.69) is 15.6 Å². The number of anilines is 2. The van der Waals surface area contributed by atoms with Crippen LogP contribution in [0.3, 0.4) is 0 Å². The number of aliphatic hydroxyl groups excluding tert-OH is 1. The van der Waals surface area contributed by atoms with Crippen molar-refractivity contribution in [3.8, 4) is 0 Å². The monoisotopic (exact) mass is 394 g/mol. The van der Waals surface area contributed by atoms with Crippen LogP contribution in [-0.4, -0.2) is 33.2 Å². The van der Waals surface area contributed by atoms with Crippen molar-refractivity contribution >= 4 is 52.3 Å². The van der Waals surface area contributed by atoms with Gasteiger partial charge >= 0.3 is 0 Å². The molecule has 6 nitrogen and oxygen atoms in total. The fraction of sp³-hybridized carbons (Fsp3) is 0.222. The first-order chi connectivity index (χ1) is 12.0. The molecule has 0 radical (unpaired) electrons. The first kappa shape index (κ1) is 20.0. The Balaban J connectivity index is 0.00000243. The highest BCUT2D eigenvalue weighted by molar-refractivity contribution is 6.30. The average molecular weight is 395 g/mol. The zero-order valence-corrected chi connectivity index (χ0v) is 15.9. The molecule has 3 rings (SSSR count). The molecule has 8 heteroatoms. The number of aromatic nitrogens is 2. The van der Waals surface area contributed by atoms with Crippen LogP contribution in [0.15, 0.2) is 42.7 Å². The lowest BCUT2D eigenvalue weighted by atomic mass is 10.2. The van der Waals surface area contributed by atoms with Gasteiger partial charge in [0.1, 0.15) is 5.82 Å². The summed E-state index contributed by atoms with van der Waals surface area (Å²) >= 11 is 6.02. The second-order valence-corrected chi connectivity index (χ2v) is 6.34. The van der Waals surface area contributed by atoms with Crippen LogP contribution >= 0.6 is 24.0 Å². The first-order valence-electron chi connectivity index (χ1n) is 7.88. The third kappa shape index (κ3) is 4.27. The van der Waals surface area contributed by atoms with E-state index in [1.54, 1.807) is 19.1 Å². The van der Waals surface area contributed by atoms with Crippen molar-refractivity contribution in [3.63, 3.8) is 0 Å². The van der Waals surface area contributed by atoms with Crippen molar-refractivity contribution < 1.29 is 9.90 Å². The van der Waals surface area contributed by atoms with Gasteiger partial charge in [0.2, 0.25) is 0 Å². The summed E-state index contributed by atoms with van der Waals surface area (Å²) in [6.07, 6.45) is 2.80. The summed E-state index contributed by atoms with van der Waals surface area (Å²) in [5, 5.41) is 16.7. The van der Waals surface area contributed by atoms with Crippen LogP contribution in [0.5, 0.6) is 0 Å². The summed E-state index contributed by atoms with van der Waals surface area (Å²) in [6, 6.07) is 9.26. The summed E-state index contributed by atoms with van der Waals surface area (Å²) in [4.78, 5) is 16.8. The van der Waals surface area contributed by atoms with Gasteiger partial charge in [-0.1, -0.05) is 17.7 Å². The molecule has 1 atom stereocenters. The van der Waals surface area contributed by atoms with Gasteiger partial charge in [0.25, 0.3) is 5.91 Å². The lowest BCUT2D eigenvalue weighted by Gasteiger charge is -2.12. The van der Waals surface area contributed by atoms with Crippen molar-refractivity contribution in [3.05, 3.63) is 53.3 Å². The molecule has 1 aromatic carbocycles. The van der Waals surface area contributed by atoms with E-state index in [4.69, 9.17) is 11.6 Å². The minimum absolute atomic E-state index is 0. The van der Waals surface area contributed by atoms with E-state index < -0.39 is 6.10 Å². The molecule has 0 bridgehead atoms. The maximum absolute atomic E-state index is 12.4. The van der Waals surface area contributed by atoms with Gasteiger partial charge in [-0.05, 0) is 31.2 Å². The number of aliphatic hydroxyl groups is 1. The number of amides is 1. The molecular formula is C18H20Cl2N4O2. The number of carbonyl (C=O) groups excluding carboxylic acids is 1. The Hall–Kier alpha value is -2.28. The number of nitrogens with one attached hydrogen (secondary N) is 2. The number of nitrogens with zero attached hydrogens (tertiary/aromatic N) is 2. The fourth-order valence-electron chi connectivity index (χ4n) is 2.62.